The molecule has 0 aliphatic rings. The van der Waals surface area contributed by atoms with Crippen LogP contribution >= 0.6 is 46.1 Å². The summed E-state index contributed by atoms with van der Waals surface area (Å²) >= 11 is 17.7. The van der Waals surface area contributed by atoms with Crippen LogP contribution in [0.2, 0.25) is 9.36 Å². The maximum atomic E-state index is 10.4. The maximum Gasteiger partial charge on any atom is 0.226 e. The summed E-state index contributed by atoms with van der Waals surface area (Å²) in [5.74, 6) is 0. The van der Waals surface area contributed by atoms with Gasteiger partial charge in [0.05, 0.1) is 11.4 Å². The van der Waals surface area contributed by atoms with Gasteiger partial charge >= 0.3 is 0 Å². The average molecular weight is 230 g/mol. The number of hydrogen-bond donors (Lipinski definition) is 0. The minimum Gasteiger partial charge on any atom is -0.281 e. The van der Waals surface area contributed by atoms with Gasteiger partial charge in [-0.05, 0) is 17.7 Å². The van der Waals surface area contributed by atoms with E-state index in [0.717, 1.165) is 4.88 Å². The molecule has 0 atom stereocenters. The highest BCUT2D eigenvalue weighted by atomic mass is 35.5. The molecular weight excluding hydrogens is 226 g/mol. The van der Waals surface area contributed by atoms with E-state index >= 15 is 0 Å². The van der Waals surface area contributed by atoms with Gasteiger partial charge in [0.15, 0.2) is 0 Å². The molecule has 1 aromatic rings. The number of thiophene rings is 1. The van der Waals surface area contributed by atoms with Crippen molar-refractivity contribution in [3.8, 4) is 0 Å². The molecule has 60 valence electrons. The number of carbonyl (C=O) groups excluding carboxylic acids is 1. The van der Waals surface area contributed by atoms with Crippen LogP contribution in [-0.2, 0) is 11.2 Å². The Labute approximate surface area is 82.9 Å². The Balaban J connectivity index is 2.81. The SMILES string of the molecule is O=C(Cl)Cc1cc(Cl)c(Cl)s1. The molecule has 0 radical (unpaired) electrons. The van der Waals surface area contributed by atoms with Gasteiger partial charge in [0.1, 0.15) is 4.34 Å². The van der Waals surface area contributed by atoms with Crippen molar-refractivity contribution in [3.05, 3.63) is 20.3 Å². The second-order valence-electron chi connectivity index (χ2n) is 1.87. The van der Waals surface area contributed by atoms with Gasteiger partial charge in [-0.3, -0.25) is 4.79 Å². The van der Waals surface area contributed by atoms with Crippen molar-refractivity contribution < 1.29 is 4.79 Å². The van der Waals surface area contributed by atoms with Gasteiger partial charge in [0.2, 0.25) is 5.24 Å². The minimum absolute atomic E-state index is 0.193. The van der Waals surface area contributed by atoms with Crippen molar-refractivity contribution in [1.29, 1.82) is 0 Å². The third kappa shape index (κ3) is 2.64. The first-order valence-corrected chi connectivity index (χ1v) is 4.66. The van der Waals surface area contributed by atoms with E-state index < -0.39 is 5.24 Å². The summed E-state index contributed by atoms with van der Waals surface area (Å²) in [6, 6.07) is 1.65. The normalized spacial score (nSPS) is 10.1. The van der Waals surface area contributed by atoms with Gasteiger partial charge in [-0.2, -0.15) is 0 Å². The summed E-state index contributed by atoms with van der Waals surface area (Å²) in [7, 11) is 0. The second-order valence-corrected chi connectivity index (χ2v) is 4.43. The summed E-state index contributed by atoms with van der Waals surface area (Å²) in [5.41, 5.74) is 0. The molecule has 5 heteroatoms. The van der Waals surface area contributed by atoms with E-state index in [1.807, 2.05) is 0 Å². The third-order valence-corrected chi connectivity index (χ3v) is 3.01. The molecule has 0 aliphatic heterocycles. The van der Waals surface area contributed by atoms with Crippen LogP contribution in [0.1, 0.15) is 4.88 Å². The maximum absolute atomic E-state index is 10.4. The van der Waals surface area contributed by atoms with E-state index in [-0.39, 0.29) is 6.42 Å². The summed E-state index contributed by atoms with van der Waals surface area (Å²) in [6.45, 7) is 0. The zero-order chi connectivity index (χ0) is 8.43. The molecule has 0 N–H and O–H groups in total. The highest BCUT2D eigenvalue weighted by Crippen LogP contribution is 2.31. The lowest BCUT2D eigenvalue weighted by atomic mass is 10.4. The highest BCUT2D eigenvalue weighted by Gasteiger charge is 2.06. The van der Waals surface area contributed by atoms with Gasteiger partial charge in [-0.15, -0.1) is 11.3 Å². The predicted molar refractivity (Wildman–Crippen MR) is 48.9 cm³/mol. The van der Waals surface area contributed by atoms with Crippen LogP contribution in [0.3, 0.4) is 0 Å². The Hall–Kier alpha value is 0.240. The lowest BCUT2D eigenvalue weighted by Crippen LogP contribution is -1.88. The lowest BCUT2D eigenvalue weighted by Gasteiger charge is -1.84. The van der Waals surface area contributed by atoms with Crippen LogP contribution in [0, 0.1) is 0 Å². The topological polar surface area (TPSA) is 17.1 Å². The van der Waals surface area contributed by atoms with Crippen molar-refractivity contribution in [2.45, 2.75) is 6.42 Å². The Kier molecular flexibility index (Phi) is 3.19. The molecule has 0 aliphatic carbocycles. The van der Waals surface area contributed by atoms with E-state index in [9.17, 15) is 4.79 Å². The minimum atomic E-state index is -0.403. The van der Waals surface area contributed by atoms with Crippen molar-refractivity contribution >= 4 is 51.4 Å². The van der Waals surface area contributed by atoms with Gasteiger partial charge in [-0.1, -0.05) is 23.2 Å². The number of carbonyl (C=O) groups is 1. The van der Waals surface area contributed by atoms with Crippen molar-refractivity contribution in [1.82, 2.24) is 0 Å². The fourth-order valence-corrected chi connectivity index (χ4v) is 2.27. The molecule has 1 nitrogen and oxygen atoms in total. The van der Waals surface area contributed by atoms with Gasteiger partial charge in [0, 0.05) is 4.88 Å². The standard InChI is InChI=1S/C6H3Cl3OS/c7-4-1-3(2-5(8)10)11-6(4)9/h1H,2H2. The fraction of sp³-hybridized carbons (Fsp3) is 0.167. The fourth-order valence-electron chi connectivity index (χ4n) is 0.615. The summed E-state index contributed by atoms with van der Waals surface area (Å²) in [6.07, 6.45) is 0.193. The molecule has 1 rings (SSSR count). The molecule has 0 bridgehead atoms. The zero-order valence-electron chi connectivity index (χ0n) is 5.23. The Morgan fingerprint density at radius 1 is 1.55 bits per heavy atom. The molecule has 0 saturated heterocycles. The average Bonchev–Trinajstić information content (AvgIpc) is 2.10. The Bertz CT molecular complexity index is 262. The quantitative estimate of drug-likeness (QED) is 0.711. The van der Waals surface area contributed by atoms with E-state index in [0.29, 0.717) is 9.36 Å². The molecule has 1 heterocycles. The number of halogens is 3. The molecule has 0 aromatic carbocycles. The molecule has 0 saturated carbocycles. The third-order valence-electron chi connectivity index (χ3n) is 1.01. The molecule has 11 heavy (non-hydrogen) atoms. The van der Waals surface area contributed by atoms with Crippen molar-refractivity contribution in [2.75, 3.05) is 0 Å². The summed E-state index contributed by atoms with van der Waals surface area (Å²) in [4.78, 5) is 11.2. The Morgan fingerprint density at radius 3 is 2.55 bits per heavy atom. The van der Waals surface area contributed by atoms with Crippen LogP contribution in [0.5, 0.6) is 0 Å². The summed E-state index contributed by atoms with van der Waals surface area (Å²) in [5, 5.41) is 0.0733. The summed E-state index contributed by atoms with van der Waals surface area (Å²) < 4.78 is 0.500. The van der Waals surface area contributed by atoms with E-state index in [2.05, 4.69) is 0 Å². The molecule has 0 unspecified atom stereocenters. The van der Waals surface area contributed by atoms with E-state index in [1.165, 1.54) is 11.3 Å². The monoisotopic (exact) mass is 228 g/mol. The smallest absolute Gasteiger partial charge is 0.226 e. The van der Waals surface area contributed by atoms with Crippen LogP contribution in [-0.4, -0.2) is 5.24 Å². The molecule has 0 fully saturated rings. The van der Waals surface area contributed by atoms with Crippen LogP contribution in [0.4, 0.5) is 0 Å². The van der Waals surface area contributed by atoms with Gasteiger partial charge in [-0.25, -0.2) is 0 Å². The second kappa shape index (κ2) is 3.76. The van der Waals surface area contributed by atoms with Gasteiger partial charge in [0.25, 0.3) is 0 Å². The molecule has 0 amide bonds. The molecule has 0 spiro atoms. The van der Waals surface area contributed by atoms with Crippen LogP contribution < -0.4 is 0 Å². The molecular formula is C6H3Cl3OS. The largest absolute Gasteiger partial charge is 0.281 e. The van der Waals surface area contributed by atoms with Crippen molar-refractivity contribution in [3.63, 3.8) is 0 Å². The van der Waals surface area contributed by atoms with Crippen molar-refractivity contribution in [2.24, 2.45) is 0 Å². The van der Waals surface area contributed by atoms with Gasteiger partial charge < -0.3 is 0 Å². The lowest BCUT2D eigenvalue weighted by molar-refractivity contribution is -0.111. The zero-order valence-corrected chi connectivity index (χ0v) is 8.32. The number of rotatable bonds is 2. The highest BCUT2D eigenvalue weighted by molar-refractivity contribution is 7.17. The first kappa shape index (κ1) is 9.33. The first-order chi connectivity index (χ1) is 5.09. The Morgan fingerprint density at radius 2 is 2.18 bits per heavy atom. The van der Waals surface area contributed by atoms with E-state index in [1.54, 1.807) is 6.07 Å². The van der Waals surface area contributed by atoms with Crippen LogP contribution in [0.15, 0.2) is 6.07 Å². The van der Waals surface area contributed by atoms with Crippen LogP contribution in [0.25, 0.3) is 0 Å². The predicted octanol–water partition coefficient (Wildman–Crippen LogP) is 3.36. The first-order valence-electron chi connectivity index (χ1n) is 2.71. The van der Waals surface area contributed by atoms with E-state index in [4.69, 9.17) is 34.8 Å². The number of hydrogen-bond acceptors (Lipinski definition) is 2. The molecule has 1 aromatic heterocycles.